The molecule has 1 aliphatic heterocycles. The number of carbonyl (C=O) groups is 1. The number of aromatic nitrogens is 1. The number of H-pyrrole nitrogens is 1. The molecule has 0 amide bonds. The fourth-order valence-corrected chi connectivity index (χ4v) is 3.66. The van der Waals surface area contributed by atoms with Crippen molar-refractivity contribution in [2.24, 2.45) is 4.99 Å². The summed E-state index contributed by atoms with van der Waals surface area (Å²) in [7, 11) is 0. The first-order valence-corrected chi connectivity index (χ1v) is 9.30. The van der Waals surface area contributed by atoms with Crippen molar-refractivity contribution < 1.29 is 9.53 Å². The van der Waals surface area contributed by atoms with E-state index in [1.165, 1.54) is 0 Å². The molecule has 0 unspecified atom stereocenters. The van der Waals surface area contributed by atoms with Crippen molar-refractivity contribution >= 4 is 23.3 Å². The van der Waals surface area contributed by atoms with Gasteiger partial charge in [0.05, 0.1) is 25.3 Å². The minimum atomic E-state index is -0.244. The summed E-state index contributed by atoms with van der Waals surface area (Å²) >= 11 is 6.31. The molecule has 4 nitrogen and oxygen atoms in total. The first-order valence-electron chi connectivity index (χ1n) is 8.92. The zero-order valence-electron chi connectivity index (χ0n) is 15.0. The molecule has 5 heteroatoms. The summed E-state index contributed by atoms with van der Waals surface area (Å²) in [6.07, 6.45) is 2.13. The topological polar surface area (TPSA) is 54.5 Å². The molecule has 0 atom stereocenters. The molecule has 2 aromatic carbocycles. The molecule has 0 saturated heterocycles. The number of esters is 1. The Labute approximate surface area is 162 Å². The highest BCUT2D eigenvalue weighted by Crippen LogP contribution is 2.36. The van der Waals surface area contributed by atoms with Gasteiger partial charge in [0, 0.05) is 33.6 Å². The van der Waals surface area contributed by atoms with E-state index >= 15 is 0 Å². The number of carbonyl (C=O) groups excluding carboxylic acids is 1. The normalized spacial score (nSPS) is 12.6. The van der Waals surface area contributed by atoms with E-state index < -0.39 is 0 Å². The SMILES string of the molecule is CCOC(=O)Cc1[nH]cc2c1-c1ccc(Cl)cc1C(c1ccccc1)=NC2. The molecule has 0 radical (unpaired) electrons. The van der Waals surface area contributed by atoms with Crippen LogP contribution in [0.1, 0.15) is 29.3 Å². The van der Waals surface area contributed by atoms with E-state index in [-0.39, 0.29) is 12.4 Å². The summed E-state index contributed by atoms with van der Waals surface area (Å²) in [6.45, 7) is 2.71. The molecule has 1 N–H and O–H groups in total. The van der Waals surface area contributed by atoms with Crippen molar-refractivity contribution in [1.29, 1.82) is 0 Å². The quantitative estimate of drug-likeness (QED) is 0.663. The van der Waals surface area contributed by atoms with Crippen LogP contribution in [0.15, 0.2) is 59.7 Å². The highest BCUT2D eigenvalue weighted by Gasteiger charge is 2.24. The highest BCUT2D eigenvalue weighted by molar-refractivity contribution is 6.31. The van der Waals surface area contributed by atoms with Gasteiger partial charge in [-0.05, 0) is 30.2 Å². The zero-order chi connectivity index (χ0) is 18.8. The fraction of sp³-hybridized carbons (Fsp3) is 0.182. The number of fused-ring (bicyclic) bond motifs is 3. The molecule has 0 bridgehead atoms. The van der Waals surface area contributed by atoms with E-state index in [1.807, 2.05) is 61.7 Å². The minimum Gasteiger partial charge on any atom is -0.466 e. The first-order chi connectivity index (χ1) is 13.2. The van der Waals surface area contributed by atoms with Crippen LogP contribution in [0.4, 0.5) is 0 Å². The Balaban J connectivity index is 1.86. The van der Waals surface area contributed by atoms with Gasteiger partial charge >= 0.3 is 5.97 Å². The van der Waals surface area contributed by atoms with Crippen LogP contribution in [-0.4, -0.2) is 23.3 Å². The molecule has 0 fully saturated rings. The molecular formula is C22H19ClN2O2. The molecule has 136 valence electrons. The van der Waals surface area contributed by atoms with Gasteiger partial charge in [-0.25, -0.2) is 0 Å². The van der Waals surface area contributed by atoms with Gasteiger partial charge in [-0.3, -0.25) is 9.79 Å². The second kappa shape index (κ2) is 7.41. The predicted octanol–water partition coefficient (Wildman–Crippen LogP) is 4.79. The Hall–Kier alpha value is -2.85. The van der Waals surface area contributed by atoms with Crippen LogP contribution in [0.25, 0.3) is 11.1 Å². The molecule has 0 saturated carbocycles. The van der Waals surface area contributed by atoms with E-state index in [4.69, 9.17) is 21.3 Å². The number of rotatable bonds is 4. The third kappa shape index (κ3) is 3.40. The number of ether oxygens (including phenoxy) is 1. The van der Waals surface area contributed by atoms with Crippen molar-refractivity contribution in [2.75, 3.05) is 6.61 Å². The van der Waals surface area contributed by atoms with Crippen LogP contribution in [0, 0.1) is 0 Å². The minimum absolute atomic E-state index is 0.200. The van der Waals surface area contributed by atoms with Gasteiger partial charge in [-0.1, -0.05) is 48.0 Å². The lowest BCUT2D eigenvalue weighted by molar-refractivity contribution is -0.142. The number of halogens is 1. The van der Waals surface area contributed by atoms with Crippen molar-refractivity contribution in [3.05, 3.63) is 82.1 Å². The van der Waals surface area contributed by atoms with Crippen molar-refractivity contribution in [2.45, 2.75) is 19.9 Å². The molecule has 3 aromatic rings. The van der Waals surface area contributed by atoms with E-state index in [0.717, 1.165) is 39.2 Å². The monoisotopic (exact) mass is 378 g/mol. The Morgan fingerprint density at radius 3 is 2.78 bits per heavy atom. The van der Waals surface area contributed by atoms with E-state index in [0.29, 0.717) is 18.2 Å². The van der Waals surface area contributed by atoms with Crippen LogP contribution < -0.4 is 0 Å². The lowest BCUT2D eigenvalue weighted by Gasteiger charge is -2.12. The maximum atomic E-state index is 12.0. The first kappa shape index (κ1) is 17.6. The number of nitrogens with one attached hydrogen (secondary N) is 1. The van der Waals surface area contributed by atoms with Crippen LogP contribution in [0.3, 0.4) is 0 Å². The van der Waals surface area contributed by atoms with Gasteiger partial charge in [0.2, 0.25) is 0 Å². The molecule has 4 rings (SSSR count). The van der Waals surface area contributed by atoms with Crippen molar-refractivity contribution in [3.8, 4) is 11.1 Å². The number of hydrogen-bond acceptors (Lipinski definition) is 3. The fourth-order valence-electron chi connectivity index (χ4n) is 3.49. The number of hydrogen-bond donors (Lipinski definition) is 1. The summed E-state index contributed by atoms with van der Waals surface area (Å²) in [5.74, 6) is -0.244. The van der Waals surface area contributed by atoms with Gasteiger partial charge in [-0.15, -0.1) is 0 Å². The summed E-state index contributed by atoms with van der Waals surface area (Å²) in [5.41, 5.74) is 6.87. The zero-order valence-corrected chi connectivity index (χ0v) is 15.7. The van der Waals surface area contributed by atoms with Crippen molar-refractivity contribution in [3.63, 3.8) is 0 Å². The number of benzene rings is 2. The van der Waals surface area contributed by atoms with E-state index in [2.05, 4.69) is 4.98 Å². The van der Waals surface area contributed by atoms with Gasteiger partial charge in [-0.2, -0.15) is 0 Å². The molecule has 1 aliphatic rings. The second-order valence-corrected chi connectivity index (χ2v) is 6.81. The third-order valence-corrected chi connectivity index (χ3v) is 4.87. The van der Waals surface area contributed by atoms with Crippen LogP contribution in [-0.2, 0) is 22.5 Å². The smallest absolute Gasteiger partial charge is 0.311 e. The lowest BCUT2D eigenvalue weighted by Crippen LogP contribution is -2.09. The van der Waals surface area contributed by atoms with Gasteiger partial charge in [0.1, 0.15) is 0 Å². The molecule has 0 spiro atoms. The van der Waals surface area contributed by atoms with Crippen molar-refractivity contribution in [1.82, 2.24) is 4.98 Å². The second-order valence-electron chi connectivity index (χ2n) is 6.37. The van der Waals surface area contributed by atoms with Crippen LogP contribution in [0.5, 0.6) is 0 Å². The largest absolute Gasteiger partial charge is 0.466 e. The Morgan fingerprint density at radius 2 is 2.00 bits per heavy atom. The highest BCUT2D eigenvalue weighted by atomic mass is 35.5. The third-order valence-electron chi connectivity index (χ3n) is 4.63. The molecule has 2 heterocycles. The lowest BCUT2D eigenvalue weighted by atomic mass is 9.92. The van der Waals surface area contributed by atoms with Crippen LogP contribution >= 0.6 is 11.6 Å². The summed E-state index contributed by atoms with van der Waals surface area (Å²) in [5, 5.41) is 0.656. The van der Waals surface area contributed by atoms with E-state index in [9.17, 15) is 4.79 Å². The Morgan fingerprint density at radius 1 is 1.19 bits per heavy atom. The molecule has 0 aliphatic carbocycles. The van der Waals surface area contributed by atoms with E-state index in [1.54, 1.807) is 0 Å². The Bertz CT molecular complexity index is 1020. The van der Waals surface area contributed by atoms with Crippen LogP contribution in [0.2, 0.25) is 5.02 Å². The number of nitrogens with zero attached hydrogens (tertiary/aromatic N) is 1. The summed E-state index contributed by atoms with van der Waals surface area (Å²) in [4.78, 5) is 20.2. The maximum Gasteiger partial charge on any atom is 0.311 e. The predicted molar refractivity (Wildman–Crippen MR) is 107 cm³/mol. The summed E-state index contributed by atoms with van der Waals surface area (Å²) < 4.78 is 5.13. The van der Waals surface area contributed by atoms with Gasteiger partial charge < -0.3 is 9.72 Å². The van der Waals surface area contributed by atoms with Gasteiger partial charge in [0.25, 0.3) is 0 Å². The molecule has 1 aromatic heterocycles. The average molecular weight is 379 g/mol. The summed E-state index contributed by atoms with van der Waals surface area (Å²) in [6, 6.07) is 15.9. The average Bonchev–Trinajstić information content (AvgIpc) is 2.98. The standard InChI is InChI=1S/C22H19ClN2O2/c1-2-27-20(26)11-19-21-15(12-24-19)13-25-22(14-6-4-3-5-7-14)18-10-16(23)8-9-17(18)21/h3-10,12,24H,2,11,13H2,1H3. The molecule has 27 heavy (non-hydrogen) atoms. The number of aliphatic imine (C=N–C) groups is 1. The Kier molecular flexibility index (Phi) is 4.82. The van der Waals surface area contributed by atoms with Gasteiger partial charge in [0.15, 0.2) is 0 Å². The number of aromatic amines is 1. The molecular weight excluding hydrogens is 360 g/mol. The maximum absolute atomic E-state index is 12.0.